The second kappa shape index (κ2) is 9.16. The number of nitro benzene ring substituents is 1. The first-order chi connectivity index (χ1) is 16.4. The topological polar surface area (TPSA) is 105 Å². The second-order valence-corrected chi connectivity index (χ2v) is 10.0. The molecular weight excluding hydrogens is 432 g/mol. The van der Waals surface area contributed by atoms with Crippen molar-refractivity contribution in [1.29, 1.82) is 0 Å². The molecule has 0 unspecified atom stereocenters. The minimum absolute atomic E-state index is 0.0237. The Morgan fingerprint density at radius 1 is 1.03 bits per heavy atom. The van der Waals surface area contributed by atoms with Crippen LogP contribution in [0.25, 0.3) is 0 Å². The second-order valence-electron chi connectivity index (χ2n) is 10.0. The van der Waals surface area contributed by atoms with E-state index in [4.69, 9.17) is 4.98 Å². The number of pyridine rings is 1. The van der Waals surface area contributed by atoms with Crippen molar-refractivity contribution in [3.63, 3.8) is 0 Å². The van der Waals surface area contributed by atoms with Crippen LogP contribution in [-0.4, -0.2) is 45.8 Å². The highest BCUT2D eigenvalue weighted by Gasteiger charge is 2.40. The third-order valence-electron chi connectivity index (χ3n) is 7.86. The lowest BCUT2D eigenvalue weighted by Gasteiger charge is -2.32. The van der Waals surface area contributed by atoms with Crippen LogP contribution in [0.15, 0.2) is 36.4 Å². The number of carbonyl (C=O) groups excluding carboxylic acids is 2. The van der Waals surface area contributed by atoms with Gasteiger partial charge < -0.3 is 10.2 Å². The molecule has 8 nitrogen and oxygen atoms in total. The summed E-state index contributed by atoms with van der Waals surface area (Å²) in [5, 5.41) is 14.2. The van der Waals surface area contributed by atoms with Gasteiger partial charge in [0.05, 0.1) is 16.2 Å². The van der Waals surface area contributed by atoms with Crippen molar-refractivity contribution in [2.24, 2.45) is 11.8 Å². The van der Waals surface area contributed by atoms with Crippen molar-refractivity contribution in [3.8, 4) is 0 Å². The number of piperidine rings is 1. The van der Waals surface area contributed by atoms with E-state index >= 15 is 0 Å². The third-order valence-corrected chi connectivity index (χ3v) is 7.86. The number of benzene rings is 1. The van der Waals surface area contributed by atoms with Crippen molar-refractivity contribution >= 4 is 17.5 Å². The van der Waals surface area contributed by atoms with Gasteiger partial charge in [-0.2, -0.15) is 0 Å². The Hall–Kier alpha value is -3.29. The van der Waals surface area contributed by atoms with Gasteiger partial charge in [0.1, 0.15) is 0 Å². The van der Waals surface area contributed by atoms with Crippen LogP contribution in [0.5, 0.6) is 0 Å². The molecule has 2 aromatic rings. The fourth-order valence-electron chi connectivity index (χ4n) is 6.01. The van der Waals surface area contributed by atoms with Crippen LogP contribution in [0.4, 0.5) is 5.69 Å². The number of amides is 2. The van der Waals surface area contributed by atoms with Crippen molar-refractivity contribution < 1.29 is 14.5 Å². The molecular formula is C26H30N4O4. The van der Waals surface area contributed by atoms with Crippen LogP contribution in [0.2, 0.25) is 0 Å². The largest absolute Gasteiger partial charge is 0.349 e. The van der Waals surface area contributed by atoms with Crippen LogP contribution in [0.3, 0.4) is 0 Å². The van der Waals surface area contributed by atoms with E-state index in [0.29, 0.717) is 30.1 Å². The zero-order chi connectivity index (χ0) is 23.8. The first kappa shape index (κ1) is 22.5. The summed E-state index contributed by atoms with van der Waals surface area (Å²) >= 11 is 0. The highest BCUT2D eigenvalue weighted by Crippen LogP contribution is 2.44. The number of non-ortho nitro benzene ring substituents is 1. The standard InChI is InChI=1S/C26H30N4O4/c1-16-2-9-22(25(31)28-23-15-17-3-4-20(23)14-17)24(27-16)18-10-12-29(13-11-18)26(32)19-5-7-21(8-6-19)30(33)34/h2,5-9,17-18,20,23H,3-4,10-15H2,1H3,(H,28,31)/t17-,20-,23-/m0/s1. The average molecular weight is 463 g/mol. The zero-order valence-corrected chi connectivity index (χ0v) is 19.4. The molecule has 1 aromatic heterocycles. The number of aryl methyl sites for hydroxylation is 1. The Morgan fingerprint density at radius 2 is 1.76 bits per heavy atom. The van der Waals surface area contributed by atoms with E-state index in [9.17, 15) is 19.7 Å². The van der Waals surface area contributed by atoms with Crippen LogP contribution < -0.4 is 5.32 Å². The van der Waals surface area contributed by atoms with E-state index in [0.717, 1.165) is 36.6 Å². The summed E-state index contributed by atoms with van der Waals surface area (Å²) in [6, 6.07) is 9.80. The molecule has 2 saturated carbocycles. The zero-order valence-electron chi connectivity index (χ0n) is 19.4. The summed E-state index contributed by atoms with van der Waals surface area (Å²) in [6.45, 7) is 3.06. The van der Waals surface area contributed by atoms with Gasteiger partial charge in [0.2, 0.25) is 0 Å². The van der Waals surface area contributed by atoms with E-state index in [-0.39, 0.29) is 29.5 Å². The van der Waals surface area contributed by atoms with Gasteiger partial charge in [0.15, 0.2) is 0 Å². The Kier molecular flexibility index (Phi) is 6.06. The van der Waals surface area contributed by atoms with Gasteiger partial charge in [-0.3, -0.25) is 24.7 Å². The van der Waals surface area contributed by atoms with Crippen molar-refractivity contribution in [2.45, 2.75) is 57.4 Å². The number of nitrogens with one attached hydrogen (secondary N) is 1. The van der Waals surface area contributed by atoms with E-state index in [1.54, 1.807) is 4.90 Å². The van der Waals surface area contributed by atoms with E-state index in [1.807, 2.05) is 19.1 Å². The summed E-state index contributed by atoms with van der Waals surface area (Å²) in [7, 11) is 0. The minimum atomic E-state index is -0.473. The average Bonchev–Trinajstić information content (AvgIpc) is 3.47. The first-order valence-electron chi connectivity index (χ1n) is 12.2. The van der Waals surface area contributed by atoms with Gasteiger partial charge in [-0.05, 0) is 75.1 Å². The molecule has 1 aliphatic heterocycles. The maximum atomic E-state index is 13.2. The van der Waals surface area contributed by atoms with Gasteiger partial charge >= 0.3 is 0 Å². The van der Waals surface area contributed by atoms with Crippen LogP contribution in [0.1, 0.15) is 76.5 Å². The highest BCUT2D eigenvalue weighted by atomic mass is 16.6. The van der Waals surface area contributed by atoms with Gasteiger partial charge in [-0.1, -0.05) is 6.42 Å². The summed E-state index contributed by atoms with van der Waals surface area (Å²) in [5.74, 6) is 1.35. The Labute approximate surface area is 198 Å². The molecule has 8 heteroatoms. The van der Waals surface area contributed by atoms with Gasteiger partial charge in [-0.15, -0.1) is 0 Å². The molecule has 2 bridgehead atoms. The van der Waals surface area contributed by atoms with E-state index in [2.05, 4.69) is 5.32 Å². The lowest BCUT2D eigenvalue weighted by atomic mass is 9.89. The number of rotatable bonds is 5. The van der Waals surface area contributed by atoms with Gasteiger partial charge in [0, 0.05) is 48.4 Å². The number of likely N-dealkylation sites (tertiary alicyclic amines) is 1. The van der Waals surface area contributed by atoms with Gasteiger partial charge in [-0.25, -0.2) is 0 Å². The SMILES string of the molecule is Cc1ccc(C(=O)N[C@H]2C[C@H]3CC[C@H]2C3)c(C2CCN(C(=O)c3ccc([N+](=O)[O-])cc3)CC2)n1. The molecule has 1 saturated heterocycles. The number of hydrogen-bond acceptors (Lipinski definition) is 5. The molecule has 5 rings (SSSR count). The number of aromatic nitrogens is 1. The van der Waals surface area contributed by atoms with Crippen LogP contribution in [-0.2, 0) is 0 Å². The van der Waals surface area contributed by atoms with Crippen molar-refractivity contribution in [1.82, 2.24) is 15.2 Å². The molecule has 3 aliphatic rings. The van der Waals surface area contributed by atoms with Crippen LogP contribution in [0, 0.1) is 28.9 Å². The molecule has 2 heterocycles. The molecule has 3 fully saturated rings. The number of hydrogen-bond donors (Lipinski definition) is 1. The fraction of sp³-hybridized carbons (Fsp3) is 0.500. The number of fused-ring (bicyclic) bond motifs is 2. The molecule has 178 valence electrons. The highest BCUT2D eigenvalue weighted by molar-refractivity contribution is 5.96. The predicted molar refractivity (Wildman–Crippen MR) is 127 cm³/mol. The quantitative estimate of drug-likeness (QED) is 0.529. The summed E-state index contributed by atoms with van der Waals surface area (Å²) in [6.07, 6.45) is 6.30. The smallest absolute Gasteiger partial charge is 0.269 e. The first-order valence-corrected chi connectivity index (χ1v) is 12.2. The maximum absolute atomic E-state index is 13.2. The van der Waals surface area contributed by atoms with Crippen molar-refractivity contribution in [2.75, 3.05) is 13.1 Å². The predicted octanol–water partition coefficient (Wildman–Crippen LogP) is 4.24. The third kappa shape index (κ3) is 4.41. The molecule has 1 aromatic carbocycles. The van der Waals surface area contributed by atoms with E-state index < -0.39 is 4.92 Å². The number of nitrogens with zero attached hydrogens (tertiary/aromatic N) is 3. The molecule has 2 aliphatic carbocycles. The minimum Gasteiger partial charge on any atom is -0.349 e. The number of nitro groups is 1. The Balaban J connectivity index is 1.25. The Morgan fingerprint density at radius 3 is 2.38 bits per heavy atom. The molecule has 3 atom stereocenters. The van der Waals surface area contributed by atoms with Gasteiger partial charge in [0.25, 0.3) is 17.5 Å². The van der Waals surface area contributed by atoms with E-state index in [1.165, 1.54) is 43.5 Å². The molecule has 1 N–H and O–H groups in total. The number of carbonyl (C=O) groups is 2. The molecule has 0 spiro atoms. The van der Waals surface area contributed by atoms with Crippen molar-refractivity contribution in [3.05, 3.63) is 69.0 Å². The normalized spacial score (nSPS) is 24.3. The summed E-state index contributed by atoms with van der Waals surface area (Å²) in [5.41, 5.74) is 2.80. The summed E-state index contributed by atoms with van der Waals surface area (Å²) < 4.78 is 0. The molecule has 2 amide bonds. The Bertz CT molecular complexity index is 1110. The lowest BCUT2D eigenvalue weighted by molar-refractivity contribution is -0.384. The molecule has 34 heavy (non-hydrogen) atoms. The lowest BCUT2D eigenvalue weighted by Crippen LogP contribution is -2.40. The van der Waals surface area contributed by atoms with Crippen LogP contribution >= 0.6 is 0 Å². The summed E-state index contributed by atoms with van der Waals surface area (Å²) in [4.78, 5) is 43.0. The fourth-order valence-corrected chi connectivity index (χ4v) is 6.01. The molecule has 0 radical (unpaired) electrons. The maximum Gasteiger partial charge on any atom is 0.269 e. The monoisotopic (exact) mass is 462 g/mol.